The monoisotopic (exact) mass is 284 g/mol. The highest BCUT2D eigenvalue weighted by atomic mass is 35.5. The van der Waals surface area contributed by atoms with E-state index in [-0.39, 0.29) is 6.04 Å². The highest BCUT2D eigenvalue weighted by molar-refractivity contribution is 6.29. The van der Waals surface area contributed by atoms with Crippen LogP contribution in [0.1, 0.15) is 30.6 Å². The molecule has 2 rings (SSSR count). The smallest absolute Gasteiger partial charge is 0.198 e. The van der Waals surface area contributed by atoms with Crippen LogP contribution in [0.4, 0.5) is 0 Å². The summed E-state index contributed by atoms with van der Waals surface area (Å²) in [6.45, 7) is 2.85. The van der Waals surface area contributed by atoms with E-state index in [2.05, 4.69) is 17.4 Å². The maximum atomic E-state index is 6.02. The molecule has 0 aliphatic carbocycles. The molecule has 0 bridgehead atoms. The van der Waals surface area contributed by atoms with E-state index in [4.69, 9.17) is 26.6 Å². The number of nitrogens with two attached hydrogens (primary N) is 1. The molecule has 0 aliphatic rings. The van der Waals surface area contributed by atoms with Crippen molar-refractivity contribution in [2.45, 2.75) is 25.9 Å². The first kappa shape index (κ1) is 13.9. The summed E-state index contributed by atoms with van der Waals surface area (Å²) in [7, 11) is 1.60. The average molecular weight is 285 g/mol. The van der Waals surface area contributed by atoms with Gasteiger partial charge < -0.3 is 9.15 Å². The van der Waals surface area contributed by atoms with E-state index in [9.17, 15) is 0 Å². The fourth-order valence-corrected chi connectivity index (χ4v) is 2.27. The highest BCUT2D eigenvalue weighted by Gasteiger charge is 2.25. The number of furan rings is 1. The summed E-state index contributed by atoms with van der Waals surface area (Å²) >= 11 is 6.02. The highest BCUT2D eigenvalue weighted by Crippen LogP contribution is 2.33. The Kier molecular flexibility index (Phi) is 4.47. The van der Waals surface area contributed by atoms with E-state index in [1.165, 1.54) is 6.26 Å². The fraction of sp³-hybridized carbons (Fsp3) is 0.417. The molecular weight excluding hydrogens is 268 g/mol. The Morgan fingerprint density at radius 1 is 1.63 bits per heavy atom. The molecule has 2 heterocycles. The molecular formula is C12H17ClN4O2. The van der Waals surface area contributed by atoms with Crippen molar-refractivity contribution in [3.8, 4) is 5.75 Å². The molecule has 0 aliphatic heterocycles. The summed E-state index contributed by atoms with van der Waals surface area (Å²) in [5, 5.41) is 4.61. The minimum atomic E-state index is -0.338. The third kappa shape index (κ3) is 2.60. The second-order valence-corrected chi connectivity index (χ2v) is 4.41. The van der Waals surface area contributed by atoms with Crippen molar-refractivity contribution in [3.63, 3.8) is 0 Å². The van der Waals surface area contributed by atoms with Gasteiger partial charge in [0.2, 0.25) is 0 Å². The zero-order valence-electron chi connectivity index (χ0n) is 10.9. The molecule has 6 nitrogen and oxygen atoms in total. The zero-order chi connectivity index (χ0) is 13.8. The average Bonchev–Trinajstić information content (AvgIpc) is 3.00. The van der Waals surface area contributed by atoms with Gasteiger partial charge in [-0.15, -0.1) is 0 Å². The Bertz CT molecular complexity index is 538. The summed E-state index contributed by atoms with van der Waals surface area (Å²) in [6.07, 6.45) is 4.15. The number of nitrogens with one attached hydrogen (secondary N) is 1. The molecule has 3 N–H and O–H groups in total. The summed E-state index contributed by atoms with van der Waals surface area (Å²) in [6, 6.07) is 1.44. The normalized spacial score (nSPS) is 12.6. The first-order valence-electron chi connectivity index (χ1n) is 6.01. The van der Waals surface area contributed by atoms with E-state index in [0.29, 0.717) is 11.0 Å². The van der Waals surface area contributed by atoms with Crippen molar-refractivity contribution >= 4 is 11.6 Å². The first-order chi connectivity index (χ1) is 9.22. The number of aromatic nitrogens is 2. The van der Waals surface area contributed by atoms with Crippen molar-refractivity contribution in [3.05, 3.63) is 35.0 Å². The van der Waals surface area contributed by atoms with Crippen LogP contribution in [-0.4, -0.2) is 16.9 Å². The number of rotatable bonds is 6. The molecule has 2 aromatic rings. The van der Waals surface area contributed by atoms with E-state index < -0.39 is 0 Å². The van der Waals surface area contributed by atoms with Crippen LogP contribution in [0.3, 0.4) is 0 Å². The molecule has 0 saturated heterocycles. The van der Waals surface area contributed by atoms with Crippen LogP contribution in [0.15, 0.2) is 22.9 Å². The van der Waals surface area contributed by atoms with Gasteiger partial charge in [-0.2, -0.15) is 5.10 Å². The van der Waals surface area contributed by atoms with Gasteiger partial charge in [-0.25, -0.2) is 5.43 Å². The van der Waals surface area contributed by atoms with Crippen molar-refractivity contribution < 1.29 is 9.15 Å². The number of ether oxygens (including phenoxy) is 1. The lowest BCUT2D eigenvalue weighted by atomic mass is 10.1. The van der Waals surface area contributed by atoms with Gasteiger partial charge in [0.25, 0.3) is 0 Å². The van der Waals surface area contributed by atoms with Crippen LogP contribution in [0.2, 0.25) is 5.22 Å². The van der Waals surface area contributed by atoms with Gasteiger partial charge in [0.1, 0.15) is 5.69 Å². The third-order valence-corrected chi connectivity index (χ3v) is 3.20. The lowest BCUT2D eigenvalue weighted by Crippen LogP contribution is -2.31. The van der Waals surface area contributed by atoms with Gasteiger partial charge in [-0.05, 0) is 24.1 Å². The lowest BCUT2D eigenvalue weighted by Gasteiger charge is -2.18. The quantitative estimate of drug-likeness (QED) is 0.627. The molecule has 0 spiro atoms. The Hall–Kier alpha value is -1.50. The number of hydrogen-bond acceptors (Lipinski definition) is 5. The Balaban J connectivity index is 2.48. The maximum Gasteiger partial charge on any atom is 0.198 e. The van der Waals surface area contributed by atoms with E-state index in [1.807, 2.05) is 4.68 Å². The van der Waals surface area contributed by atoms with Crippen LogP contribution in [-0.2, 0) is 6.54 Å². The number of hydrazine groups is 1. The molecule has 1 unspecified atom stereocenters. The molecule has 0 radical (unpaired) electrons. The van der Waals surface area contributed by atoms with Crippen molar-refractivity contribution in [1.82, 2.24) is 15.2 Å². The standard InChI is InChI=1S/C12H17ClN4O2/c1-3-5-17-11(9(18-2)7-15-17)10(16-14)8-4-6-19-12(8)13/h4,6-7,10,16H,3,5,14H2,1-2H3. The van der Waals surface area contributed by atoms with Gasteiger partial charge in [-0.3, -0.25) is 10.5 Å². The second kappa shape index (κ2) is 6.10. The molecule has 0 saturated carbocycles. The van der Waals surface area contributed by atoms with Crippen LogP contribution in [0, 0.1) is 0 Å². The fourth-order valence-electron chi connectivity index (χ4n) is 2.04. The number of hydrogen-bond donors (Lipinski definition) is 2. The Morgan fingerprint density at radius 2 is 2.42 bits per heavy atom. The predicted octanol–water partition coefficient (Wildman–Crippen LogP) is 2.10. The maximum absolute atomic E-state index is 6.02. The minimum Gasteiger partial charge on any atom is -0.493 e. The van der Waals surface area contributed by atoms with E-state index >= 15 is 0 Å². The zero-order valence-corrected chi connectivity index (χ0v) is 11.6. The number of methoxy groups -OCH3 is 1. The minimum absolute atomic E-state index is 0.300. The Morgan fingerprint density at radius 3 is 2.95 bits per heavy atom. The van der Waals surface area contributed by atoms with Gasteiger partial charge in [0, 0.05) is 12.1 Å². The first-order valence-corrected chi connectivity index (χ1v) is 6.39. The molecule has 2 aromatic heterocycles. The SMILES string of the molecule is CCCn1ncc(OC)c1C(NN)c1ccoc1Cl. The topological polar surface area (TPSA) is 78.2 Å². The van der Waals surface area contributed by atoms with Crippen LogP contribution < -0.4 is 16.0 Å². The van der Waals surface area contributed by atoms with Crippen molar-refractivity contribution in [1.29, 1.82) is 0 Å². The molecule has 104 valence electrons. The van der Waals surface area contributed by atoms with Gasteiger partial charge in [0.05, 0.1) is 25.6 Å². The second-order valence-electron chi connectivity index (χ2n) is 4.07. The molecule has 1 atom stereocenters. The number of halogens is 1. The summed E-state index contributed by atoms with van der Waals surface area (Å²) in [4.78, 5) is 0. The van der Waals surface area contributed by atoms with E-state index in [0.717, 1.165) is 24.2 Å². The molecule has 0 aromatic carbocycles. The lowest BCUT2D eigenvalue weighted by molar-refractivity contribution is 0.398. The molecule has 7 heteroatoms. The van der Waals surface area contributed by atoms with Gasteiger partial charge in [0.15, 0.2) is 11.0 Å². The summed E-state index contributed by atoms with van der Waals surface area (Å²) < 4.78 is 12.3. The molecule has 0 fully saturated rings. The van der Waals surface area contributed by atoms with Gasteiger partial charge >= 0.3 is 0 Å². The number of aryl methyl sites for hydroxylation is 1. The molecule has 19 heavy (non-hydrogen) atoms. The van der Waals surface area contributed by atoms with E-state index in [1.54, 1.807) is 19.4 Å². The van der Waals surface area contributed by atoms with Crippen LogP contribution >= 0.6 is 11.6 Å². The van der Waals surface area contributed by atoms with Crippen LogP contribution in [0.5, 0.6) is 5.75 Å². The summed E-state index contributed by atoms with van der Waals surface area (Å²) in [5.74, 6) is 6.33. The Labute approximate surface area is 116 Å². The van der Waals surface area contributed by atoms with Gasteiger partial charge in [-0.1, -0.05) is 6.92 Å². The number of nitrogens with zero attached hydrogens (tertiary/aromatic N) is 2. The summed E-state index contributed by atoms with van der Waals surface area (Å²) in [5.41, 5.74) is 4.32. The molecule has 0 amide bonds. The van der Waals surface area contributed by atoms with Crippen LogP contribution in [0.25, 0.3) is 0 Å². The largest absolute Gasteiger partial charge is 0.493 e. The predicted molar refractivity (Wildman–Crippen MR) is 72.0 cm³/mol. The van der Waals surface area contributed by atoms with Crippen molar-refractivity contribution in [2.75, 3.05) is 7.11 Å². The van der Waals surface area contributed by atoms with Crippen molar-refractivity contribution in [2.24, 2.45) is 5.84 Å². The third-order valence-electron chi connectivity index (χ3n) is 2.90.